The van der Waals surface area contributed by atoms with Crippen molar-refractivity contribution in [2.24, 2.45) is 0 Å². The van der Waals surface area contributed by atoms with E-state index >= 15 is 0 Å². The van der Waals surface area contributed by atoms with E-state index in [1.165, 1.54) is 5.56 Å². The van der Waals surface area contributed by atoms with Crippen molar-refractivity contribution in [3.8, 4) is 11.8 Å². The molecule has 0 bridgehead atoms. The van der Waals surface area contributed by atoms with Gasteiger partial charge in [0.2, 0.25) is 0 Å². The largest absolute Gasteiger partial charge is 0.508 e. The molecular weight excluding hydrogens is 284 g/mol. The molecule has 2 aromatic carbocycles. The van der Waals surface area contributed by atoms with Crippen LogP contribution in [0.4, 0.5) is 5.69 Å². The predicted molar refractivity (Wildman–Crippen MR) is 85.7 cm³/mol. The number of nitrogens with one attached hydrogen (secondary N) is 1. The van der Waals surface area contributed by atoms with Crippen LogP contribution in [0.25, 0.3) is 0 Å². The van der Waals surface area contributed by atoms with Gasteiger partial charge in [-0.15, -0.1) is 0 Å². The summed E-state index contributed by atoms with van der Waals surface area (Å²) in [6, 6.07) is 15.0. The molecule has 3 nitrogen and oxygen atoms in total. The number of phenols is 1. The Hall–Kier alpha value is -2.18. The van der Waals surface area contributed by atoms with Crippen LogP contribution in [0, 0.1) is 11.3 Å². The number of hydrogen-bond acceptors (Lipinski definition) is 3. The number of nitriles is 1. The Kier molecular flexibility index (Phi) is 5.08. The van der Waals surface area contributed by atoms with Gasteiger partial charge in [0.05, 0.1) is 10.6 Å². The molecule has 0 saturated heterocycles. The number of phenolic OH excluding ortho intramolecular Hbond substituents is 1. The molecule has 108 valence electrons. The second-order valence-electron chi connectivity index (χ2n) is 5.06. The molecule has 0 aliphatic heterocycles. The lowest BCUT2D eigenvalue weighted by molar-refractivity contribution is 0.475. The number of anilines is 1. The topological polar surface area (TPSA) is 56.0 Å². The van der Waals surface area contributed by atoms with Crippen molar-refractivity contribution in [3.63, 3.8) is 0 Å². The van der Waals surface area contributed by atoms with E-state index in [1.54, 1.807) is 24.3 Å². The standard InChI is InChI=1S/C17H17ClN2O/c1-12(2-3-13-4-8-16(21)9-5-13)20-15-7-6-14(11-19)17(18)10-15/h4-10,12,20-21H,2-3H2,1H3. The number of hydrogen-bond donors (Lipinski definition) is 2. The quantitative estimate of drug-likeness (QED) is 0.863. The minimum Gasteiger partial charge on any atom is -0.508 e. The van der Waals surface area contributed by atoms with Crippen LogP contribution in [0.5, 0.6) is 5.75 Å². The van der Waals surface area contributed by atoms with Crippen LogP contribution in [-0.2, 0) is 6.42 Å². The number of aryl methyl sites for hydroxylation is 1. The summed E-state index contributed by atoms with van der Waals surface area (Å²) >= 11 is 6.01. The fourth-order valence-electron chi connectivity index (χ4n) is 2.10. The van der Waals surface area contributed by atoms with Crippen LogP contribution >= 0.6 is 11.6 Å². The molecule has 2 N–H and O–H groups in total. The van der Waals surface area contributed by atoms with Gasteiger partial charge in [-0.05, 0) is 55.7 Å². The highest BCUT2D eigenvalue weighted by molar-refractivity contribution is 6.32. The monoisotopic (exact) mass is 300 g/mol. The van der Waals surface area contributed by atoms with Gasteiger partial charge in [0.1, 0.15) is 11.8 Å². The Morgan fingerprint density at radius 1 is 1.24 bits per heavy atom. The third-order valence-corrected chi connectivity index (χ3v) is 3.62. The fourth-order valence-corrected chi connectivity index (χ4v) is 2.32. The molecule has 0 amide bonds. The zero-order valence-corrected chi connectivity index (χ0v) is 12.6. The van der Waals surface area contributed by atoms with Crippen molar-refractivity contribution in [1.29, 1.82) is 5.26 Å². The molecule has 1 unspecified atom stereocenters. The summed E-state index contributed by atoms with van der Waals surface area (Å²) in [6.45, 7) is 2.10. The van der Waals surface area contributed by atoms with Gasteiger partial charge < -0.3 is 10.4 Å². The Morgan fingerprint density at radius 2 is 1.95 bits per heavy atom. The molecule has 2 aromatic rings. The summed E-state index contributed by atoms with van der Waals surface area (Å²) < 4.78 is 0. The average Bonchev–Trinajstić information content (AvgIpc) is 2.47. The SMILES string of the molecule is CC(CCc1ccc(O)cc1)Nc1ccc(C#N)c(Cl)c1. The highest BCUT2D eigenvalue weighted by Gasteiger charge is 2.05. The van der Waals surface area contributed by atoms with Gasteiger partial charge in [-0.2, -0.15) is 5.26 Å². The molecule has 1 atom stereocenters. The zero-order chi connectivity index (χ0) is 15.2. The first-order valence-electron chi connectivity index (χ1n) is 6.82. The number of halogens is 1. The number of aromatic hydroxyl groups is 1. The zero-order valence-electron chi connectivity index (χ0n) is 11.8. The van der Waals surface area contributed by atoms with E-state index in [0.717, 1.165) is 18.5 Å². The molecular formula is C17H17ClN2O. The molecule has 0 heterocycles. The van der Waals surface area contributed by atoms with E-state index in [2.05, 4.69) is 12.2 Å². The van der Waals surface area contributed by atoms with Gasteiger partial charge in [-0.25, -0.2) is 0 Å². The summed E-state index contributed by atoms with van der Waals surface area (Å²) in [5.41, 5.74) is 2.59. The molecule has 2 rings (SSSR count). The lowest BCUT2D eigenvalue weighted by Gasteiger charge is -2.15. The number of nitrogens with zero attached hydrogens (tertiary/aromatic N) is 1. The summed E-state index contributed by atoms with van der Waals surface area (Å²) in [4.78, 5) is 0. The molecule has 4 heteroatoms. The maximum absolute atomic E-state index is 9.25. The smallest absolute Gasteiger partial charge is 0.115 e. The second kappa shape index (κ2) is 7.01. The predicted octanol–water partition coefficient (Wildman–Crippen LogP) is 4.35. The highest BCUT2D eigenvalue weighted by Crippen LogP contribution is 2.21. The lowest BCUT2D eigenvalue weighted by atomic mass is 10.1. The maximum Gasteiger partial charge on any atom is 0.115 e. The van der Waals surface area contributed by atoms with E-state index in [0.29, 0.717) is 10.6 Å². The second-order valence-corrected chi connectivity index (χ2v) is 5.46. The molecule has 0 aliphatic carbocycles. The van der Waals surface area contributed by atoms with Gasteiger partial charge >= 0.3 is 0 Å². The van der Waals surface area contributed by atoms with Crippen LogP contribution in [0.1, 0.15) is 24.5 Å². The summed E-state index contributed by atoms with van der Waals surface area (Å²) in [5, 5.41) is 21.9. The Labute approximate surface area is 129 Å². The lowest BCUT2D eigenvalue weighted by Crippen LogP contribution is -2.16. The number of benzene rings is 2. The van der Waals surface area contributed by atoms with Crippen molar-refractivity contribution in [1.82, 2.24) is 0 Å². The first-order chi connectivity index (χ1) is 10.1. The molecule has 0 fully saturated rings. The number of rotatable bonds is 5. The molecule has 0 spiro atoms. The third kappa shape index (κ3) is 4.40. The van der Waals surface area contributed by atoms with E-state index in [4.69, 9.17) is 16.9 Å². The molecule has 0 aliphatic rings. The third-order valence-electron chi connectivity index (χ3n) is 3.30. The van der Waals surface area contributed by atoms with Gasteiger partial charge in [0.15, 0.2) is 0 Å². The van der Waals surface area contributed by atoms with E-state index in [9.17, 15) is 5.11 Å². The summed E-state index contributed by atoms with van der Waals surface area (Å²) in [5.74, 6) is 0.289. The van der Waals surface area contributed by atoms with Crippen LogP contribution in [-0.4, -0.2) is 11.1 Å². The van der Waals surface area contributed by atoms with E-state index < -0.39 is 0 Å². The Balaban J connectivity index is 1.89. The minimum atomic E-state index is 0.280. The Bertz CT molecular complexity index is 647. The van der Waals surface area contributed by atoms with Crippen molar-refractivity contribution < 1.29 is 5.11 Å². The summed E-state index contributed by atoms with van der Waals surface area (Å²) in [6.07, 6.45) is 1.89. The normalized spacial score (nSPS) is 11.7. The van der Waals surface area contributed by atoms with Crippen LogP contribution in [0.2, 0.25) is 5.02 Å². The minimum absolute atomic E-state index is 0.280. The van der Waals surface area contributed by atoms with Crippen LogP contribution in [0.15, 0.2) is 42.5 Å². The van der Waals surface area contributed by atoms with Crippen LogP contribution < -0.4 is 5.32 Å². The van der Waals surface area contributed by atoms with E-state index in [1.807, 2.05) is 24.3 Å². The van der Waals surface area contributed by atoms with Gasteiger partial charge in [-0.3, -0.25) is 0 Å². The molecule has 21 heavy (non-hydrogen) atoms. The van der Waals surface area contributed by atoms with Gasteiger partial charge in [0, 0.05) is 11.7 Å². The van der Waals surface area contributed by atoms with E-state index in [-0.39, 0.29) is 11.8 Å². The first-order valence-corrected chi connectivity index (χ1v) is 7.20. The van der Waals surface area contributed by atoms with Crippen molar-refractivity contribution >= 4 is 17.3 Å². The average molecular weight is 301 g/mol. The molecule has 0 saturated carbocycles. The van der Waals surface area contributed by atoms with Gasteiger partial charge in [0.25, 0.3) is 0 Å². The highest BCUT2D eigenvalue weighted by atomic mass is 35.5. The Morgan fingerprint density at radius 3 is 2.57 bits per heavy atom. The molecule has 0 radical (unpaired) electrons. The van der Waals surface area contributed by atoms with Gasteiger partial charge in [-0.1, -0.05) is 23.7 Å². The van der Waals surface area contributed by atoms with Crippen molar-refractivity contribution in [2.45, 2.75) is 25.8 Å². The maximum atomic E-state index is 9.25. The summed E-state index contributed by atoms with van der Waals surface area (Å²) in [7, 11) is 0. The fraction of sp³-hybridized carbons (Fsp3) is 0.235. The molecule has 0 aromatic heterocycles. The van der Waals surface area contributed by atoms with Crippen molar-refractivity contribution in [2.75, 3.05) is 5.32 Å². The van der Waals surface area contributed by atoms with Crippen molar-refractivity contribution in [3.05, 3.63) is 58.6 Å². The first kappa shape index (κ1) is 15.2. The van der Waals surface area contributed by atoms with Crippen LogP contribution in [0.3, 0.4) is 0 Å².